The molecule has 4 nitrogen and oxygen atoms in total. The van der Waals surface area contributed by atoms with Crippen LogP contribution in [0.15, 0.2) is 0 Å². The standard InChI is InChI=1S/C8H16O4/c1-7(2,6(10)11)8(3,12)4-5-9/h9,12H,4-5H2,1-3H3,(H,10,11)/t8-/m1/s1. The van der Waals surface area contributed by atoms with E-state index in [1.54, 1.807) is 0 Å². The Balaban J connectivity index is 4.62. The third-order valence-electron chi connectivity index (χ3n) is 2.48. The Bertz CT molecular complexity index is 172. The van der Waals surface area contributed by atoms with Crippen molar-refractivity contribution in [3.63, 3.8) is 0 Å². The maximum Gasteiger partial charge on any atom is 0.311 e. The summed E-state index contributed by atoms with van der Waals surface area (Å²) in [5.74, 6) is -1.07. The quantitative estimate of drug-likeness (QED) is 0.573. The van der Waals surface area contributed by atoms with E-state index in [0.29, 0.717) is 0 Å². The van der Waals surface area contributed by atoms with Gasteiger partial charge in [-0.3, -0.25) is 4.79 Å². The van der Waals surface area contributed by atoms with Crippen LogP contribution in [0.4, 0.5) is 0 Å². The molecule has 0 aliphatic carbocycles. The van der Waals surface area contributed by atoms with E-state index >= 15 is 0 Å². The predicted molar refractivity (Wildman–Crippen MR) is 43.7 cm³/mol. The van der Waals surface area contributed by atoms with E-state index in [2.05, 4.69) is 0 Å². The molecule has 12 heavy (non-hydrogen) atoms. The second-order valence-electron chi connectivity index (χ2n) is 3.68. The second-order valence-corrected chi connectivity index (χ2v) is 3.68. The number of hydrogen-bond acceptors (Lipinski definition) is 3. The normalized spacial score (nSPS) is 17.1. The average Bonchev–Trinajstić information content (AvgIpc) is 1.86. The topological polar surface area (TPSA) is 77.8 Å². The lowest BCUT2D eigenvalue weighted by Crippen LogP contribution is -2.47. The molecule has 3 N–H and O–H groups in total. The van der Waals surface area contributed by atoms with Crippen LogP contribution in [0.5, 0.6) is 0 Å². The van der Waals surface area contributed by atoms with Gasteiger partial charge in [0.15, 0.2) is 0 Å². The van der Waals surface area contributed by atoms with Gasteiger partial charge in [0, 0.05) is 13.0 Å². The molecule has 0 aromatic heterocycles. The molecule has 0 unspecified atom stereocenters. The van der Waals surface area contributed by atoms with E-state index in [0.717, 1.165) is 0 Å². The lowest BCUT2D eigenvalue weighted by molar-refractivity contribution is -0.164. The summed E-state index contributed by atoms with van der Waals surface area (Å²) >= 11 is 0. The van der Waals surface area contributed by atoms with Gasteiger partial charge < -0.3 is 15.3 Å². The molecular formula is C8H16O4. The Morgan fingerprint density at radius 1 is 1.33 bits per heavy atom. The van der Waals surface area contributed by atoms with Crippen molar-refractivity contribution in [2.75, 3.05) is 6.61 Å². The van der Waals surface area contributed by atoms with Crippen LogP contribution in [0.2, 0.25) is 0 Å². The highest BCUT2D eigenvalue weighted by molar-refractivity contribution is 5.75. The number of carbonyl (C=O) groups is 1. The highest BCUT2D eigenvalue weighted by Gasteiger charge is 2.44. The minimum Gasteiger partial charge on any atom is -0.481 e. The summed E-state index contributed by atoms with van der Waals surface area (Å²) in [5, 5.41) is 27.0. The summed E-state index contributed by atoms with van der Waals surface area (Å²) in [5.41, 5.74) is -2.62. The van der Waals surface area contributed by atoms with Gasteiger partial charge in [-0.2, -0.15) is 0 Å². The Labute approximate surface area is 71.8 Å². The smallest absolute Gasteiger partial charge is 0.311 e. The Morgan fingerprint density at radius 3 is 2.00 bits per heavy atom. The van der Waals surface area contributed by atoms with Crippen LogP contribution < -0.4 is 0 Å². The number of aliphatic hydroxyl groups excluding tert-OH is 1. The van der Waals surface area contributed by atoms with Gasteiger partial charge in [0.2, 0.25) is 0 Å². The molecule has 0 rings (SSSR count). The van der Waals surface area contributed by atoms with E-state index < -0.39 is 17.0 Å². The molecule has 1 atom stereocenters. The minimum absolute atomic E-state index is 0.0618. The molecule has 0 radical (unpaired) electrons. The van der Waals surface area contributed by atoms with Crippen LogP contribution in [0.1, 0.15) is 27.2 Å². The van der Waals surface area contributed by atoms with E-state index in [1.165, 1.54) is 20.8 Å². The summed E-state index contributed by atoms with van der Waals surface area (Å²) in [4.78, 5) is 10.7. The lowest BCUT2D eigenvalue weighted by Gasteiger charge is -2.35. The SMILES string of the molecule is CC(C)(C(=O)O)[C@](C)(O)CCO. The minimum atomic E-state index is -1.38. The fourth-order valence-electron chi connectivity index (χ4n) is 0.761. The monoisotopic (exact) mass is 176 g/mol. The zero-order chi connectivity index (χ0) is 9.99. The van der Waals surface area contributed by atoms with Crippen molar-refractivity contribution < 1.29 is 20.1 Å². The largest absolute Gasteiger partial charge is 0.481 e. The maximum absolute atomic E-state index is 10.7. The third-order valence-corrected chi connectivity index (χ3v) is 2.48. The van der Waals surface area contributed by atoms with Crippen molar-refractivity contribution in [1.82, 2.24) is 0 Å². The Kier molecular flexibility index (Phi) is 3.24. The lowest BCUT2D eigenvalue weighted by atomic mass is 9.74. The summed E-state index contributed by atoms with van der Waals surface area (Å²) in [6, 6.07) is 0. The predicted octanol–water partition coefficient (Wildman–Crippen LogP) is 0.231. The number of carboxylic acid groups (broad SMARTS) is 1. The molecule has 0 aliphatic heterocycles. The van der Waals surface area contributed by atoms with Crippen LogP contribution in [-0.2, 0) is 4.79 Å². The number of hydrogen-bond donors (Lipinski definition) is 3. The van der Waals surface area contributed by atoms with Crippen LogP contribution >= 0.6 is 0 Å². The van der Waals surface area contributed by atoms with Crippen molar-refractivity contribution in [2.45, 2.75) is 32.8 Å². The van der Waals surface area contributed by atoms with Gasteiger partial charge in [-0.05, 0) is 20.8 Å². The number of rotatable bonds is 4. The first-order chi connectivity index (χ1) is 5.25. The first kappa shape index (κ1) is 11.4. The van der Waals surface area contributed by atoms with Gasteiger partial charge in [0.1, 0.15) is 0 Å². The molecule has 0 bridgehead atoms. The molecule has 0 aromatic carbocycles. The molecule has 0 aliphatic rings. The first-order valence-corrected chi connectivity index (χ1v) is 3.82. The zero-order valence-electron chi connectivity index (χ0n) is 7.66. The van der Waals surface area contributed by atoms with E-state index in [1.807, 2.05) is 0 Å². The average molecular weight is 176 g/mol. The molecule has 4 heteroatoms. The van der Waals surface area contributed by atoms with Gasteiger partial charge in [-0.1, -0.05) is 0 Å². The zero-order valence-corrected chi connectivity index (χ0v) is 7.66. The highest BCUT2D eigenvalue weighted by atomic mass is 16.4. The summed E-state index contributed by atoms with van der Waals surface area (Å²) in [6.07, 6.45) is 0.0618. The van der Waals surface area contributed by atoms with Crippen molar-refractivity contribution in [1.29, 1.82) is 0 Å². The van der Waals surface area contributed by atoms with Crippen molar-refractivity contribution in [3.8, 4) is 0 Å². The summed E-state index contributed by atoms with van der Waals surface area (Å²) < 4.78 is 0. The molecule has 0 heterocycles. The molecule has 0 aromatic rings. The molecule has 0 saturated carbocycles. The fourth-order valence-corrected chi connectivity index (χ4v) is 0.761. The first-order valence-electron chi connectivity index (χ1n) is 3.82. The third kappa shape index (κ3) is 1.95. The Hall–Kier alpha value is -0.610. The van der Waals surface area contributed by atoms with Crippen molar-refractivity contribution in [2.24, 2.45) is 5.41 Å². The second kappa shape index (κ2) is 3.41. The van der Waals surface area contributed by atoms with Crippen LogP contribution in [0.25, 0.3) is 0 Å². The fraction of sp³-hybridized carbons (Fsp3) is 0.875. The summed E-state index contributed by atoms with van der Waals surface area (Å²) in [7, 11) is 0. The number of carboxylic acids is 1. The molecule has 72 valence electrons. The molecular weight excluding hydrogens is 160 g/mol. The van der Waals surface area contributed by atoms with Gasteiger partial charge in [-0.25, -0.2) is 0 Å². The highest BCUT2D eigenvalue weighted by Crippen LogP contribution is 2.33. The Morgan fingerprint density at radius 2 is 1.75 bits per heavy atom. The maximum atomic E-state index is 10.7. The van der Waals surface area contributed by atoms with E-state index in [4.69, 9.17) is 10.2 Å². The number of aliphatic hydroxyl groups is 2. The van der Waals surface area contributed by atoms with Crippen LogP contribution in [0, 0.1) is 5.41 Å². The van der Waals surface area contributed by atoms with Crippen molar-refractivity contribution in [3.05, 3.63) is 0 Å². The molecule has 0 saturated heterocycles. The van der Waals surface area contributed by atoms with Gasteiger partial charge in [0.25, 0.3) is 0 Å². The van der Waals surface area contributed by atoms with E-state index in [-0.39, 0.29) is 13.0 Å². The van der Waals surface area contributed by atoms with Gasteiger partial charge >= 0.3 is 5.97 Å². The van der Waals surface area contributed by atoms with E-state index in [9.17, 15) is 9.90 Å². The molecule has 0 spiro atoms. The summed E-state index contributed by atoms with van der Waals surface area (Å²) in [6.45, 7) is 4.07. The van der Waals surface area contributed by atoms with Crippen LogP contribution in [0.3, 0.4) is 0 Å². The van der Waals surface area contributed by atoms with Crippen molar-refractivity contribution >= 4 is 5.97 Å². The van der Waals surface area contributed by atoms with Crippen LogP contribution in [-0.4, -0.2) is 33.5 Å². The number of aliphatic carboxylic acids is 1. The van der Waals surface area contributed by atoms with Gasteiger partial charge in [0.05, 0.1) is 11.0 Å². The molecule has 0 fully saturated rings. The van der Waals surface area contributed by atoms with Gasteiger partial charge in [-0.15, -0.1) is 0 Å². The molecule has 0 amide bonds.